The number of ether oxygens (including phenoxy) is 1. The first-order valence-corrected chi connectivity index (χ1v) is 7.90. The fourth-order valence-electron chi connectivity index (χ4n) is 1.91. The van der Waals surface area contributed by atoms with Gasteiger partial charge < -0.3 is 15.4 Å². The molecule has 0 heterocycles. The quantitative estimate of drug-likeness (QED) is 0.767. The number of esters is 1. The molecule has 6 heteroatoms. The van der Waals surface area contributed by atoms with E-state index in [0.717, 1.165) is 10.0 Å². The van der Waals surface area contributed by atoms with Gasteiger partial charge in [-0.25, -0.2) is 9.59 Å². The molecule has 0 saturated carbocycles. The molecule has 5 nitrogen and oxygen atoms in total. The highest BCUT2D eigenvalue weighted by molar-refractivity contribution is 9.10. The normalized spacial score (nSPS) is 10.0. The van der Waals surface area contributed by atoms with Crippen molar-refractivity contribution in [2.24, 2.45) is 0 Å². The molecule has 0 saturated heterocycles. The molecule has 0 aliphatic rings. The molecule has 0 fully saturated rings. The lowest BCUT2D eigenvalue weighted by atomic mass is 10.2. The zero-order chi connectivity index (χ0) is 16.8. The highest BCUT2D eigenvalue weighted by Crippen LogP contribution is 2.23. The molecular formula is C17H17BrN2O3. The number of carbonyl (C=O) groups is 2. The van der Waals surface area contributed by atoms with Crippen LogP contribution in [0.2, 0.25) is 0 Å². The van der Waals surface area contributed by atoms with Crippen molar-refractivity contribution in [3.05, 3.63) is 58.1 Å². The van der Waals surface area contributed by atoms with Crippen LogP contribution in [0.4, 0.5) is 16.2 Å². The van der Waals surface area contributed by atoms with E-state index in [4.69, 9.17) is 4.74 Å². The number of urea groups is 1. The maximum Gasteiger partial charge on any atom is 0.338 e. The number of carbonyl (C=O) groups excluding carboxylic acids is 2. The summed E-state index contributed by atoms with van der Waals surface area (Å²) < 4.78 is 5.72. The second kappa shape index (κ2) is 7.78. The maximum absolute atomic E-state index is 12.0. The summed E-state index contributed by atoms with van der Waals surface area (Å²) in [5.41, 5.74) is 2.80. The Morgan fingerprint density at radius 1 is 1.09 bits per heavy atom. The average molecular weight is 377 g/mol. The summed E-state index contributed by atoms with van der Waals surface area (Å²) in [5, 5.41) is 5.46. The number of rotatable bonds is 4. The van der Waals surface area contributed by atoms with Gasteiger partial charge in [0.2, 0.25) is 0 Å². The number of benzene rings is 2. The molecule has 2 rings (SSSR count). The Morgan fingerprint density at radius 2 is 1.78 bits per heavy atom. The first-order chi connectivity index (χ1) is 11.0. The van der Waals surface area contributed by atoms with E-state index < -0.39 is 0 Å². The van der Waals surface area contributed by atoms with Gasteiger partial charge in [0.15, 0.2) is 0 Å². The average Bonchev–Trinajstić information content (AvgIpc) is 2.51. The SMILES string of the molecule is CCOC(=O)c1ccc(NC(=O)Nc2ccc(C)cc2Br)cc1. The first kappa shape index (κ1) is 17.0. The lowest BCUT2D eigenvalue weighted by Crippen LogP contribution is -2.19. The fraction of sp³-hybridized carbons (Fsp3) is 0.176. The van der Waals surface area contributed by atoms with Crippen molar-refractivity contribution in [1.29, 1.82) is 0 Å². The van der Waals surface area contributed by atoms with Gasteiger partial charge in [-0.2, -0.15) is 0 Å². The summed E-state index contributed by atoms with van der Waals surface area (Å²) in [5.74, 6) is -0.382. The van der Waals surface area contributed by atoms with Gasteiger partial charge in [0.25, 0.3) is 0 Å². The van der Waals surface area contributed by atoms with Crippen molar-refractivity contribution in [2.75, 3.05) is 17.2 Å². The van der Waals surface area contributed by atoms with Gasteiger partial charge >= 0.3 is 12.0 Å². The van der Waals surface area contributed by atoms with Crippen LogP contribution >= 0.6 is 15.9 Å². The number of nitrogens with one attached hydrogen (secondary N) is 2. The van der Waals surface area contributed by atoms with E-state index in [1.165, 1.54) is 0 Å². The van der Waals surface area contributed by atoms with E-state index >= 15 is 0 Å². The number of hydrogen-bond donors (Lipinski definition) is 2. The molecule has 0 spiro atoms. The molecule has 0 aromatic heterocycles. The van der Waals surface area contributed by atoms with E-state index in [0.29, 0.717) is 23.5 Å². The second-order valence-corrected chi connectivity index (χ2v) is 5.71. The second-order valence-electron chi connectivity index (χ2n) is 4.86. The highest BCUT2D eigenvalue weighted by atomic mass is 79.9. The van der Waals surface area contributed by atoms with E-state index in [2.05, 4.69) is 26.6 Å². The molecule has 23 heavy (non-hydrogen) atoms. The third-order valence-corrected chi connectivity index (χ3v) is 3.68. The van der Waals surface area contributed by atoms with Crippen LogP contribution in [-0.4, -0.2) is 18.6 Å². The molecule has 0 unspecified atom stereocenters. The third-order valence-electron chi connectivity index (χ3n) is 3.03. The standard InChI is InChI=1S/C17H17BrN2O3/c1-3-23-16(21)12-5-7-13(8-6-12)19-17(22)20-15-9-4-11(2)10-14(15)18/h4-10H,3H2,1-2H3,(H2,19,20,22). The molecule has 2 N–H and O–H groups in total. The molecule has 0 aliphatic carbocycles. The summed E-state index contributed by atoms with van der Waals surface area (Å²) in [6, 6.07) is 11.8. The molecule has 2 aromatic rings. The lowest BCUT2D eigenvalue weighted by molar-refractivity contribution is 0.0526. The third kappa shape index (κ3) is 4.82. The Kier molecular flexibility index (Phi) is 5.76. The number of anilines is 2. The van der Waals surface area contributed by atoms with Crippen LogP contribution in [0.25, 0.3) is 0 Å². The molecule has 2 amide bonds. The Morgan fingerprint density at radius 3 is 2.39 bits per heavy atom. The lowest BCUT2D eigenvalue weighted by Gasteiger charge is -2.10. The van der Waals surface area contributed by atoms with Crippen molar-refractivity contribution >= 4 is 39.3 Å². The van der Waals surface area contributed by atoms with Gasteiger partial charge in [-0.1, -0.05) is 6.07 Å². The minimum Gasteiger partial charge on any atom is -0.462 e. The number of amides is 2. The van der Waals surface area contributed by atoms with Crippen LogP contribution in [0.15, 0.2) is 46.9 Å². The molecule has 2 aromatic carbocycles. The van der Waals surface area contributed by atoms with Crippen molar-refractivity contribution in [2.45, 2.75) is 13.8 Å². The van der Waals surface area contributed by atoms with E-state index in [-0.39, 0.29) is 12.0 Å². The maximum atomic E-state index is 12.0. The van der Waals surface area contributed by atoms with E-state index in [1.807, 2.05) is 25.1 Å². The van der Waals surface area contributed by atoms with Crippen LogP contribution in [0.5, 0.6) is 0 Å². The summed E-state index contributed by atoms with van der Waals surface area (Å²) >= 11 is 3.41. The fourth-order valence-corrected chi connectivity index (χ4v) is 2.50. The summed E-state index contributed by atoms with van der Waals surface area (Å²) in [6.07, 6.45) is 0. The Labute approximate surface area is 143 Å². The van der Waals surface area contributed by atoms with E-state index in [1.54, 1.807) is 31.2 Å². The van der Waals surface area contributed by atoms with Gasteiger partial charge in [0, 0.05) is 10.2 Å². The summed E-state index contributed by atoms with van der Waals surface area (Å²) in [7, 11) is 0. The van der Waals surface area contributed by atoms with Crippen LogP contribution in [0.3, 0.4) is 0 Å². The van der Waals surface area contributed by atoms with Crippen LogP contribution in [-0.2, 0) is 4.74 Å². The summed E-state index contributed by atoms with van der Waals surface area (Å²) in [6.45, 7) is 4.05. The first-order valence-electron chi connectivity index (χ1n) is 7.11. The monoisotopic (exact) mass is 376 g/mol. The highest BCUT2D eigenvalue weighted by Gasteiger charge is 2.08. The number of hydrogen-bond acceptors (Lipinski definition) is 3. The van der Waals surface area contributed by atoms with Gasteiger partial charge in [0.1, 0.15) is 0 Å². The van der Waals surface area contributed by atoms with Gasteiger partial charge in [0.05, 0.1) is 17.9 Å². The largest absolute Gasteiger partial charge is 0.462 e. The summed E-state index contributed by atoms with van der Waals surface area (Å²) in [4.78, 5) is 23.6. The molecule has 0 aliphatic heterocycles. The molecule has 0 bridgehead atoms. The molecule has 0 radical (unpaired) electrons. The molecular weight excluding hydrogens is 360 g/mol. The zero-order valence-electron chi connectivity index (χ0n) is 12.9. The number of halogens is 1. The molecule has 0 atom stereocenters. The van der Waals surface area contributed by atoms with Crippen molar-refractivity contribution in [1.82, 2.24) is 0 Å². The Bertz CT molecular complexity index is 714. The van der Waals surface area contributed by atoms with E-state index in [9.17, 15) is 9.59 Å². The van der Waals surface area contributed by atoms with Crippen molar-refractivity contribution in [3.63, 3.8) is 0 Å². The van der Waals surface area contributed by atoms with Crippen LogP contribution < -0.4 is 10.6 Å². The van der Waals surface area contributed by atoms with Gasteiger partial charge in [-0.05, 0) is 71.7 Å². The van der Waals surface area contributed by atoms with Crippen molar-refractivity contribution < 1.29 is 14.3 Å². The topological polar surface area (TPSA) is 67.4 Å². The number of aryl methyl sites for hydroxylation is 1. The smallest absolute Gasteiger partial charge is 0.338 e. The predicted molar refractivity (Wildman–Crippen MR) is 93.9 cm³/mol. The van der Waals surface area contributed by atoms with Crippen molar-refractivity contribution in [3.8, 4) is 0 Å². The van der Waals surface area contributed by atoms with Gasteiger partial charge in [-0.15, -0.1) is 0 Å². The zero-order valence-corrected chi connectivity index (χ0v) is 14.4. The minimum absolute atomic E-state index is 0.326. The van der Waals surface area contributed by atoms with Crippen LogP contribution in [0, 0.1) is 6.92 Å². The predicted octanol–water partition coefficient (Wildman–Crippen LogP) is 4.58. The van der Waals surface area contributed by atoms with Crippen LogP contribution in [0.1, 0.15) is 22.8 Å². The minimum atomic E-state index is -0.382. The molecule has 120 valence electrons. The van der Waals surface area contributed by atoms with Gasteiger partial charge in [-0.3, -0.25) is 0 Å². The Balaban J connectivity index is 1.98. The Hall–Kier alpha value is -2.34.